The predicted molar refractivity (Wildman–Crippen MR) is 79.8 cm³/mol. The maximum atomic E-state index is 13.7. The molecule has 0 aliphatic heterocycles. The van der Waals surface area contributed by atoms with Crippen LogP contribution in [0.25, 0.3) is 0 Å². The molecule has 1 aromatic heterocycles. The molecule has 0 aliphatic rings. The van der Waals surface area contributed by atoms with Gasteiger partial charge in [-0.05, 0) is 38.5 Å². The molecule has 108 valence electrons. The maximum absolute atomic E-state index is 13.7. The van der Waals surface area contributed by atoms with Gasteiger partial charge in [-0.1, -0.05) is 6.07 Å². The SMILES string of the molecule is COc1ccc(C(C)NCc2sc(C)nc2C)cc1F. The molecule has 1 N–H and O–H groups in total. The fourth-order valence-electron chi connectivity index (χ4n) is 2.05. The smallest absolute Gasteiger partial charge is 0.165 e. The molecule has 0 fully saturated rings. The molecule has 0 radical (unpaired) electrons. The monoisotopic (exact) mass is 294 g/mol. The van der Waals surface area contributed by atoms with E-state index in [1.807, 2.05) is 26.8 Å². The molecule has 0 saturated heterocycles. The van der Waals surface area contributed by atoms with E-state index in [2.05, 4.69) is 10.3 Å². The fourth-order valence-corrected chi connectivity index (χ4v) is 2.94. The van der Waals surface area contributed by atoms with Gasteiger partial charge in [0.1, 0.15) is 0 Å². The second-order valence-corrected chi connectivity index (χ2v) is 6.03. The Bertz CT molecular complexity index is 598. The number of aryl methyl sites for hydroxylation is 2. The third-order valence-corrected chi connectivity index (χ3v) is 4.32. The average molecular weight is 294 g/mol. The Morgan fingerprint density at radius 3 is 2.70 bits per heavy atom. The third-order valence-electron chi connectivity index (χ3n) is 3.24. The zero-order valence-electron chi connectivity index (χ0n) is 12.2. The van der Waals surface area contributed by atoms with Crippen LogP contribution in [0.1, 0.15) is 34.1 Å². The minimum absolute atomic E-state index is 0.0669. The van der Waals surface area contributed by atoms with Crippen LogP contribution in [0.2, 0.25) is 0 Å². The summed E-state index contributed by atoms with van der Waals surface area (Å²) < 4.78 is 18.6. The molecule has 1 atom stereocenters. The molecule has 2 aromatic rings. The highest BCUT2D eigenvalue weighted by atomic mass is 32.1. The first-order chi connectivity index (χ1) is 9.51. The van der Waals surface area contributed by atoms with E-state index < -0.39 is 0 Å². The number of rotatable bonds is 5. The van der Waals surface area contributed by atoms with Crippen LogP contribution < -0.4 is 10.1 Å². The Hall–Kier alpha value is -1.46. The van der Waals surface area contributed by atoms with Crippen LogP contribution in [-0.4, -0.2) is 12.1 Å². The summed E-state index contributed by atoms with van der Waals surface area (Å²) in [6.07, 6.45) is 0. The van der Waals surface area contributed by atoms with E-state index in [1.165, 1.54) is 18.1 Å². The van der Waals surface area contributed by atoms with Crippen LogP contribution in [0.15, 0.2) is 18.2 Å². The summed E-state index contributed by atoms with van der Waals surface area (Å²) in [5.41, 5.74) is 1.97. The van der Waals surface area contributed by atoms with Gasteiger partial charge in [-0.15, -0.1) is 11.3 Å². The third kappa shape index (κ3) is 3.35. The van der Waals surface area contributed by atoms with Crippen molar-refractivity contribution < 1.29 is 9.13 Å². The van der Waals surface area contributed by atoms with E-state index in [-0.39, 0.29) is 17.6 Å². The van der Waals surface area contributed by atoms with Crippen molar-refractivity contribution in [1.29, 1.82) is 0 Å². The van der Waals surface area contributed by atoms with Crippen LogP contribution in [0, 0.1) is 19.7 Å². The van der Waals surface area contributed by atoms with Crippen molar-refractivity contribution in [3.05, 3.63) is 45.2 Å². The summed E-state index contributed by atoms with van der Waals surface area (Å²) >= 11 is 1.69. The van der Waals surface area contributed by atoms with Crippen molar-refractivity contribution in [1.82, 2.24) is 10.3 Å². The summed E-state index contributed by atoms with van der Waals surface area (Å²) in [5.74, 6) is -0.0571. The van der Waals surface area contributed by atoms with Crippen LogP contribution >= 0.6 is 11.3 Å². The summed E-state index contributed by atoms with van der Waals surface area (Å²) in [4.78, 5) is 5.63. The van der Waals surface area contributed by atoms with Crippen molar-refractivity contribution in [2.75, 3.05) is 7.11 Å². The highest BCUT2D eigenvalue weighted by Crippen LogP contribution is 2.23. The van der Waals surface area contributed by atoms with Gasteiger partial charge in [0.05, 0.1) is 17.8 Å². The van der Waals surface area contributed by atoms with E-state index in [0.717, 1.165) is 22.8 Å². The Morgan fingerprint density at radius 2 is 2.15 bits per heavy atom. The quantitative estimate of drug-likeness (QED) is 0.911. The zero-order chi connectivity index (χ0) is 14.7. The Morgan fingerprint density at radius 1 is 1.40 bits per heavy atom. The Balaban J connectivity index is 2.03. The van der Waals surface area contributed by atoms with Gasteiger partial charge >= 0.3 is 0 Å². The van der Waals surface area contributed by atoms with Gasteiger partial charge < -0.3 is 10.1 Å². The van der Waals surface area contributed by atoms with Gasteiger partial charge in [-0.3, -0.25) is 0 Å². The summed E-state index contributed by atoms with van der Waals surface area (Å²) in [6, 6.07) is 5.12. The van der Waals surface area contributed by atoms with Crippen molar-refractivity contribution in [3.8, 4) is 5.75 Å². The molecule has 2 rings (SSSR count). The minimum atomic E-state index is -0.330. The predicted octanol–water partition coefficient (Wildman–Crippen LogP) is 3.76. The number of ether oxygens (including phenoxy) is 1. The lowest BCUT2D eigenvalue weighted by Gasteiger charge is -2.14. The average Bonchev–Trinajstić information content (AvgIpc) is 2.74. The van der Waals surface area contributed by atoms with Gasteiger partial charge in [0.15, 0.2) is 11.6 Å². The van der Waals surface area contributed by atoms with Crippen molar-refractivity contribution in [3.63, 3.8) is 0 Å². The van der Waals surface area contributed by atoms with Crippen molar-refractivity contribution in [2.45, 2.75) is 33.4 Å². The molecule has 1 unspecified atom stereocenters. The lowest BCUT2D eigenvalue weighted by atomic mass is 10.1. The van der Waals surface area contributed by atoms with Crippen molar-refractivity contribution >= 4 is 11.3 Å². The first kappa shape index (κ1) is 14.9. The number of methoxy groups -OCH3 is 1. The maximum Gasteiger partial charge on any atom is 0.165 e. The van der Waals surface area contributed by atoms with Gasteiger partial charge in [0, 0.05) is 17.5 Å². The number of hydrogen-bond acceptors (Lipinski definition) is 4. The van der Waals surface area contributed by atoms with E-state index >= 15 is 0 Å². The molecule has 0 bridgehead atoms. The largest absolute Gasteiger partial charge is 0.494 e. The van der Waals surface area contributed by atoms with Crippen LogP contribution in [-0.2, 0) is 6.54 Å². The topological polar surface area (TPSA) is 34.1 Å². The number of nitrogens with zero attached hydrogens (tertiary/aromatic N) is 1. The van der Waals surface area contributed by atoms with Crippen LogP contribution in [0.3, 0.4) is 0 Å². The number of benzene rings is 1. The Labute approximate surface area is 122 Å². The number of aromatic nitrogens is 1. The Kier molecular flexibility index (Phi) is 4.73. The molecule has 0 aliphatic carbocycles. The molecule has 0 spiro atoms. The highest BCUT2D eigenvalue weighted by Gasteiger charge is 2.11. The first-order valence-corrected chi connectivity index (χ1v) is 7.32. The molecule has 0 saturated carbocycles. The van der Waals surface area contributed by atoms with Gasteiger partial charge in [0.2, 0.25) is 0 Å². The standard InChI is InChI=1S/C15H19FN2OS/c1-9(12-5-6-14(19-4)13(16)7-12)17-8-15-10(2)18-11(3)20-15/h5-7,9,17H,8H2,1-4H3. The number of halogens is 1. The second-order valence-electron chi connectivity index (χ2n) is 4.74. The normalized spacial score (nSPS) is 12.4. The number of thiazole rings is 1. The molecular weight excluding hydrogens is 275 g/mol. The van der Waals surface area contributed by atoms with Gasteiger partial charge in [0.25, 0.3) is 0 Å². The van der Waals surface area contributed by atoms with E-state index in [4.69, 9.17) is 4.74 Å². The number of hydrogen-bond donors (Lipinski definition) is 1. The molecule has 20 heavy (non-hydrogen) atoms. The van der Waals surface area contributed by atoms with Crippen LogP contribution in [0.5, 0.6) is 5.75 Å². The van der Waals surface area contributed by atoms with Gasteiger partial charge in [-0.25, -0.2) is 9.37 Å². The van der Waals surface area contributed by atoms with Crippen LogP contribution in [0.4, 0.5) is 4.39 Å². The summed E-state index contributed by atoms with van der Waals surface area (Å²) in [5, 5.41) is 4.47. The number of nitrogens with one attached hydrogen (secondary N) is 1. The molecule has 0 amide bonds. The van der Waals surface area contributed by atoms with E-state index in [1.54, 1.807) is 17.4 Å². The highest BCUT2D eigenvalue weighted by molar-refractivity contribution is 7.11. The fraction of sp³-hybridized carbons (Fsp3) is 0.400. The summed E-state index contributed by atoms with van der Waals surface area (Å²) in [6.45, 7) is 6.78. The zero-order valence-corrected chi connectivity index (χ0v) is 13.0. The minimum Gasteiger partial charge on any atom is -0.494 e. The molecule has 3 nitrogen and oxygen atoms in total. The second kappa shape index (κ2) is 6.33. The lowest BCUT2D eigenvalue weighted by Crippen LogP contribution is -2.18. The van der Waals surface area contributed by atoms with Crippen molar-refractivity contribution in [2.24, 2.45) is 0 Å². The molecular formula is C15H19FN2OS. The van der Waals surface area contributed by atoms with Gasteiger partial charge in [-0.2, -0.15) is 0 Å². The van der Waals surface area contributed by atoms with E-state index in [0.29, 0.717) is 0 Å². The van der Waals surface area contributed by atoms with E-state index in [9.17, 15) is 4.39 Å². The molecule has 1 aromatic carbocycles. The summed E-state index contributed by atoms with van der Waals surface area (Å²) in [7, 11) is 1.47. The first-order valence-electron chi connectivity index (χ1n) is 6.51. The molecule has 1 heterocycles. The molecule has 5 heteroatoms. The lowest BCUT2D eigenvalue weighted by molar-refractivity contribution is 0.385.